The number of furan rings is 1. The van der Waals surface area contributed by atoms with Crippen LogP contribution in [0.25, 0.3) is 0 Å². The lowest BCUT2D eigenvalue weighted by molar-refractivity contribution is -0.0301. The zero-order chi connectivity index (χ0) is 20.4. The van der Waals surface area contributed by atoms with Crippen LogP contribution in [0.1, 0.15) is 59.5 Å². The van der Waals surface area contributed by atoms with Crippen LogP contribution in [0.3, 0.4) is 0 Å². The van der Waals surface area contributed by atoms with Crippen molar-refractivity contribution >= 4 is 5.91 Å². The molecule has 1 aromatic heterocycles. The lowest BCUT2D eigenvalue weighted by Crippen LogP contribution is -2.49. The van der Waals surface area contributed by atoms with Gasteiger partial charge in [0.05, 0.1) is 6.10 Å². The van der Waals surface area contributed by atoms with Gasteiger partial charge in [-0.1, -0.05) is 24.1 Å². The van der Waals surface area contributed by atoms with E-state index in [1.54, 1.807) is 7.11 Å². The van der Waals surface area contributed by atoms with Crippen LogP contribution >= 0.6 is 0 Å². The maximum atomic E-state index is 13.2. The summed E-state index contributed by atoms with van der Waals surface area (Å²) in [6.45, 7) is 5.87. The van der Waals surface area contributed by atoms with Gasteiger partial charge in [-0.2, -0.15) is 0 Å². The monoisotopic (exact) mass is 397 g/mol. The maximum Gasteiger partial charge on any atom is 0.289 e. The van der Waals surface area contributed by atoms with E-state index in [0.717, 1.165) is 55.8 Å². The molecule has 4 rings (SSSR count). The number of ether oxygens (including phenoxy) is 2. The fourth-order valence-corrected chi connectivity index (χ4v) is 4.99. The summed E-state index contributed by atoms with van der Waals surface area (Å²) in [6.07, 6.45) is 5.84. The van der Waals surface area contributed by atoms with Crippen LogP contribution in [0.15, 0.2) is 34.7 Å². The van der Waals surface area contributed by atoms with Crippen LogP contribution < -0.4 is 4.74 Å². The van der Waals surface area contributed by atoms with E-state index >= 15 is 0 Å². The zero-order valence-electron chi connectivity index (χ0n) is 17.7. The largest absolute Gasteiger partial charge is 0.489 e. The third-order valence-corrected chi connectivity index (χ3v) is 6.65. The summed E-state index contributed by atoms with van der Waals surface area (Å²) in [7, 11) is 1.80. The third kappa shape index (κ3) is 4.06. The number of nitrogens with zero attached hydrogens (tertiary/aromatic N) is 1. The van der Waals surface area contributed by atoms with Crippen molar-refractivity contribution in [1.82, 2.24) is 4.90 Å². The molecule has 2 aliphatic rings. The number of piperidine rings is 1. The highest BCUT2D eigenvalue weighted by molar-refractivity contribution is 5.92. The number of aryl methyl sites for hydroxylation is 2. The molecule has 5 nitrogen and oxygen atoms in total. The lowest BCUT2D eigenvalue weighted by Gasteiger charge is -2.43. The van der Waals surface area contributed by atoms with Crippen molar-refractivity contribution in [3.8, 4) is 5.75 Å². The van der Waals surface area contributed by atoms with Crippen LogP contribution in [0.2, 0.25) is 0 Å². The highest BCUT2D eigenvalue weighted by Gasteiger charge is 2.47. The molecule has 0 N–H and O–H groups in total. The van der Waals surface area contributed by atoms with Gasteiger partial charge in [0, 0.05) is 31.2 Å². The SMILES string of the molecule is CO[C@@H]1CCC[C@@]12CCCN(C(=O)c1cc(COc3ccc(C)cc3)c(C)o1)C2. The van der Waals surface area contributed by atoms with Gasteiger partial charge in [-0.25, -0.2) is 0 Å². The average molecular weight is 398 g/mol. The van der Waals surface area contributed by atoms with Crippen LogP contribution in [0, 0.1) is 19.3 Å². The Balaban J connectivity index is 1.43. The third-order valence-electron chi connectivity index (χ3n) is 6.65. The molecule has 0 unspecified atom stereocenters. The molecule has 1 spiro atoms. The molecule has 1 saturated heterocycles. The predicted octanol–water partition coefficient (Wildman–Crippen LogP) is 4.90. The standard InChI is InChI=1S/C24H31NO4/c1-17-7-9-20(10-8-17)28-15-19-14-21(29-18(19)2)23(26)25-13-5-12-24(16-25)11-4-6-22(24)27-3/h7-10,14,22H,4-6,11-13,15-16H2,1-3H3/t22-,24+/m1/s1. The molecule has 29 heavy (non-hydrogen) atoms. The molecule has 1 saturated carbocycles. The second kappa shape index (κ2) is 8.23. The topological polar surface area (TPSA) is 51.9 Å². The van der Waals surface area contributed by atoms with Crippen LogP contribution in [-0.2, 0) is 11.3 Å². The fraction of sp³-hybridized carbons (Fsp3) is 0.542. The molecule has 2 fully saturated rings. The molecule has 2 aromatic rings. The van der Waals surface area contributed by atoms with Gasteiger partial charge in [0.15, 0.2) is 5.76 Å². The van der Waals surface area contributed by atoms with Gasteiger partial charge in [-0.05, 0) is 57.7 Å². The van der Waals surface area contributed by atoms with Crippen molar-refractivity contribution in [3.05, 3.63) is 53.0 Å². The van der Waals surface area contributed by atoms with Crippen molar-refractivity contribution in [2.24, 2.45) is 5.41 Å². The average Bonchev–Trinajstić information content (AvgIpc) is 3.30. The van der Waals surface area contributed by atoms with Gasteiger partial charge in [0.1, 0.15) is 18.1 Å². The van der Waals surface area contributed by atoms with Gasteiger partial charge < -0.3 is 18.8 Å². The molecule has 2 atom stereocenters. The van der Waals surface area contributed by atoms with E-state index in [1.165, 1.54) is 12.0 Å². The van der Waals surface area contributed by atoms with Crippen molar-refractivity contribution < 1.29 is 18.7 Å². The summed E-state index contributed by atoms with van der Waals surface area (Å²) in [5.74, 6) is 1.95. The summed E-state index contributed by atoms with van der Waals surface area (Å²) in [6, 6.07) is 9.80. The smallest absolute Gasteiger partial charge is 0.289 e. The number of hydrogen-bond donors (Lipinski definition) is 0. The minimum Gasteiger partial charge on any atom is -0.489 e. The summed E-state index contributed by atoms with van der Waals surface area (Å²) in [4.78, 5) is 15.1. The zero-order valence-corrected chi connectivity index (χ0v) is 17.7. The number of carbonyl (C=O) groups excluding carboxylic acids is 1. The molecule has 1 aliphatic carbocycles. The fourth-order valence-electron chi connectivity index (χ4n) is 4.99. The van der Waals surface area contributed by atoms with Crippen LogP contribution in [0.4, 0.5) is 0 Å². The molecular formula is C24H31NO4. The number of hydrogen-bond acceptors (Lipinski definition) is 4. The van der Waals surface area contributed by atoms with E-state index in [4.69, 9.17) is 13.9 Å². The Morgan fingerprint density at radius 2 is 1.97 bits per heavy atom. The normalized spacial score (nSPS) is 24.2. The van der Waals surface area contributed by atoms with E-state index in [1.807, 2.05) is 49.1 Å². The first-order valence-electron chi connectivity index (χ1n) is 10.6. The Hall–Kier alpha value is -2.27. The van der Waals surface area contributed by atoms with E-state index in [2.05, 4.69) is 0 Å². The molecule has 1 aromatic carbocycles. The highest BCUT2D eigenvalue weighted by Crippen LogP contribution is 2.46. The second-order valence-electron chi connectivity index (χ2n) is 8.60. The Morgan fingerprint density at radius 1 is 1.21 bits per heavy atom. The quantitative estimate of drug-likeness (QED) is 0.720. The van der Waals surface area contributed by atoms with Crippen molar-refractivity contribution in [2.45, 2.75) is 58.7 Å². The van der Waals surface area contributed by atoms with Gasteiger partial charge in [0.25, 0.3) is 5.91 Å². The molecule has 1 amide bonds. The van der Waals surface area contributed by atoms with E-state index in [9.17, 15) is 4.79 Å². The van der Waals surface area contributed by atoms with E-state index in [0.29, 0.717) is 12.4 Å². The minimum absolute atomic E-state index is 0.0180. The number of carbonyl (C=O) groups is 1. The molecule has 0 radical (unpaired) electrons. The summed E-state index contributed by atoms with van der Waals surface area (Å²) < 4.78 is 17.5. The molecule has 1 aliphatic heterocycles. The Morgan fingerprint density at radius 3 is 2.72 bits per heavy atom. The number of amides is 1. The van der Waals surface area contributed by atoms with Gasteiger partial charge in [-0.3, -0.25) is 4.79 Å². The van der Waals surface area contributed by atoms with Crippen molar-refractivity contribution in [1.29, 1.82) is 0 Å². The van der Waals surface area contributed by atoms with Crippen molar-refractivity contribution in [3.63, 3.8) is 0 Å². The summed E-state index contributed by atoms with van der Waals surface area (Å²) in [5.41, 5.74) is 2.22. The lowest BCUT2D eigenvalue weighted by atomic mass is 9.76. The van der Waals surface area contributed by atoms with Crippen LogP contribution in [-0.4, -0.2) is 37.1 Å². The molecular weight excluding hydrogens is 366 g/mol. The van der Waals surface area contributed by atoms with Crippen LogP contribution in [0.5, 0.6) is 5.75 Å². The summed E-state index contributed by atoms with van der Waals surface area (Å²) in [5, 5.41) is 0. The first kappa shape index (κ1) is 20.0. The molecule has 156 valence electrons. The maximum absolute atomic E-state index is 13.2. The van der Waals surface area contributed by atoms with Gasteiger partial charge in [-0.15, -0.1) is 0 Å². The number of likely N-dealkylation sites (tertiary alicyclic amines) is 1. The predicted molar refractivity (Wildman–Crippen MR) is 111 cm³/mol. The Labute approximate surface area is 173 Å². The number of methoxy groups -OCH3 is 1. The number of rotatable bonds is 5. The van der Waals surface area contributed by atoms with Gasteiger partial charge in [0.2, 0.25) is 0 Å². The highest BCUT2D eigenvalue weighted by atomic mass is 16.5. The number of benzene rings is 1. The first-order chi connectivity index (χ1) is 14.0. The second-order valence-corrected chi connectivity index (χ2v) is 8.60. The first-order valence-corrected chi connectivity index (χ1v) is 10.6. The van der Waals surface area contributed by atoms with Crippen molar-refractivity contribution in [2.75, 3.05) is 20.2 Å². The minimum atomic E-state index is -0.0180. The molecule has 2 heterocycles. The molecule has 5 heteroatoms. The van der Waals surface area contributed by atoms with Gasteiger partial charge >= 0.3 is 0 Å². The Bertz CT molecular complexity index is 856. The summed E-state index contributed by atoms with van der Waals surface area (Å²) >= 11 is 0. The Kier molecular flexibility index (Phi) is 5.68. The molecule has 0 bridgehead atoms. The van der Waals surface area contributed by atoms with E-state index in [-0.39, 0.29) is 17.4 Å². The van der Waals surface area contributed by atoms with E-state index < -0.39 is 0 Å².